The Balaban J connectivity index is 2.22. The molecule has 0 saturated heterocycles. The smallest absolute Gasteiger partial charge is 0.273 e. The summed E-state index contributed by atoms with van der Waals surface area (Å²) in [5.41, 5.74) is 6.21. The first-order chi connectivity index (χ1) is 9.08. The van der Waals surface area contributed by atoms with E-state index in [1.54, 1.807) is 6.07 Å². The summed E-state index contributed by atoms with van der Waals surface area (Å²) in [7, 11) is 0. The number of nitrogen functional groups attached to an aromatic ring is 1. The molecule has 0 aliphatic rings. The number of anilines is 1. The summed E-state index contributed by atoms with van der Waals surface area (Å²) in [6.07, 6.45) is 3.01. The average molecular weight is 297 g/mol. The van der Waals surface area contributed by atoms with Crippen molar-refractivity contribution in [1.82, 2.24) is 9.97 Å². The Labute approximate surface area is 118 Å². The van der Waals surface area contributed by atoms with E-state index in [-0.39, 0.29) is 5.69 Å². The molecule has 0 amide bonds. The van der Waals surface area contributed by atoms with Crippen molar-refractivity contribution in [3.63, 3.8) is 0 Å². The average Bonchev–Trinajstić information content (AvgIpc) is 2.37. The predicted octanol–water partition coefficient (Wildman–Crippen LogP) is 2.91. The first-order valence-corrected chi connectivity index (χ1v) is 6.56. The SMILES string of the molecule is Nc1nccnc1SCc1cc(Cl)ccc1[N+](=O)[O-]. The Morgan fingerprint density at radius 1 is 1.37 bits per heavy atom. The van der Waals surface area contributed by atoms with Gasteiger partial charge < -0.3 is 5.73 Å². The van der Waals surface area contributed by atoms with Crippen LogP contribution >= 0.6 is 23.4 Å². The van der Waals surface area contributed by atoms with Gasteiger partial charge in [-0.3, -0.25) is 10.1 Å². The van der Waals surface area contributed by atoms with E-state index in [0.717, 1.165) is 0 Å². The molecule has 0 aliphatic carbocycles. The third-order valence-electron chi connectivity index (χ3n) is 2.29. The maximum Gasteiger partial charge on any atom is 0.273 e. The summed E-state index contributed by atoms with van der Waals surface area (Å²) in [5.74, 6) is 0.650. The topological polar surface area (TPSA) is 94.9 Å². The number of thioether (sulfide) groups is 1. The van der Waals surface area contributed by atoms with Gasteiger partial charge in [-0.25, -0.2) is 9.97 Å². The molecule has 0 aliphatic heterocycles. The molecule has 0 atom stereocenters. The van der Waals surface area contributed by atoms with Crippen molar-refractivity contribution in [3.8, 4) is 0 Å². The number of rotatable bonds is 4. The van der Waals surface area contributed by atoms with Gasteiger partial charge in [0.1, 0.15) is 5.03 Å². The van der Waals surface area contributed by atoms with Gasteiger partial charge in [0, 0.05) is 34.8 Å². The number of hydrogen-bond donors (Lipinski definition) is 1. The molecule has 6 nitrogen and oxygen atoms in total. The van der Waals surface area contributed by atoms with Gasteiger partial charge in [0.2, 0.25) is 0 Å². The molecule has 0 saturated carbocycles. The van der Waals surface area contributed by atoms with Crippen LogP contribution in [-0.4, -0.2) is 14.9 Å². The molecule has 2 N–H and O–H groups in total. The molecule has 0 radical (unpaired) electrons. The maximum absolute atomic E-state index is 10.9. The summed E-state index contributed by atoms with van der Waals surface area (Å²) in [6, 6.07) is 4.45. The lowest BCUT2D eigenvalue weighted by Crippen LogP contribution is -1.97. The van der Waals surface area contributed by atoms with Crippen LogP contribution in [0.5, 0.6) is 0 Å². The largest absolute Gasteiger partial charge is 0.381 e. The van der Waals surface area contributed by atoms with Crippen molar-refractivity contribution in [2.75, 3.05) is 5.73 Å². The molecule has 19 heavy (non-hydrogen) atoms. The van der Waals surface area contributed by atoms with E-state index < -0.39 is 4.92 Å². The first kappa shape index (κ1) is 13.6. The Morgan fingerprint density at radius 3 is 2.79 bits per heavy atom. The first-order valence-electron chi connectivity index (χ1n) is 5.20. The summed E-state index contributed by atoms with van der Waals surface area (Å²) in [5, 5.41) is 11.9. The lowest BCUT2D eigenvalue weighted by molar-refractivity contribution is -0.385. The van der Waals surface area contributed by atoms with E-state index in [1.807, 2.05) is 0 Å². The molecule has 2 aromatic rings. The van der Waals surface area contributed by atoms with Crippen molar-refractivity contribution in [2.24, 2.45) is 0 Å². The summed E-state index contributed by atoms with van der Waals surface area (Å²) in [4.78, 5) is 18.4. The third-order valence-corrected chi connectivity index (χ3v) is 3.57. The summed E-state index contributed by atoms with van der Waals surface area (Å²) >= 11 is 7.13. The molecule has 1 aromatic heterocycles. The van der Waals surface area contributed by atoms with Gasteiger partial charge in [-0.05, 0) is 12.1 Å². The van der Waals surface area contributed by atoms with Crippen molar-refractivity contribution >= 4 is 34.9 Å². The minimum Gasteiger partial charge on any atom is -0.381 e. The molecular weight excluding hydrogens is 288 g/mol. The van der Waals surface area contributed by atoms with Gasteiger partial charge in [0.25, 0.3) is 5.69 Å². The Kier molecular flexibility index (Phi) is 4.18. The van der Waals surface area contributed by atoms with Crippen LogP contribution in [0.2, 0.25) is 5.02 Å². The lowest BCUT2D eigenvalue weighted by Gasteiger charge is -2.04. The van der Waals surface area contributed by atoms with Gasteiger partial charge in [-0.2, -0.15) is 0 Å². The lowest BCUT2D eigenvalue weighted by atomic mass is 10.2. The van der Waals surface area contributed by atoms with Gasteiger partial charge in [0.05, 0.1) is 4.92 Å². The van der Waals surface area contributed by atoms with Crippen molar-refractivity contribution in [1.29, 1.82) is 0 Å². The van der Waals surface area contributed by atoms with E-state index in [4.69, 9.17) is 17.3 Å². The normalized spacial score (nSPS) is 10.4. The van der Waals surface area contributed by atoms with Crippen LogP contribution in [0.15, 0.2) is 35.6 Å². The van der Waals surface area contributed by atoms with Crippen molar-refractivity contribution < 1.29 is 4.92 Å². The van der Waals surface area contributed by atoms with Crippen molar-refractivity contribution in [3.05, 3.63) is 51.3 Å². The van der Waals surface area contributed by atoms with E-state index in [1.165, 1.54) is 36.3 Å². The molecule has 0 unspecified atom stereocenters. The minimum atomic E-state index is -0.438. The van der Waals surface area contributed by atoms with Crippen LogP contribution < -0.4 is 5.73 Å². The van der Waals surface area contributed by atoms with Crippen LogP contribution in [-0.2, 0) is 5.75 Å². The zero-order chi connectivity index (χ0) is 13.8. The summed E-state index contributed by atoms with van der Waals surface area (Å²) in [6.45, 7) is 0. The highest BCUT2D eigenvalue weighted by Gasteiger charge is 2.15. The number of nitro benzene ring substituents is 1. The number of nitrogens with zero attached hydrogens (tertiary/aromatic N) is 3. The van der Waals surface area contributed by atoms with Crippen LogP contribution in [0, 0.1) is 10.1 Å². The quantitative estimate of drug-likeness (QED) is 0.529. The van der Waals surface area contributed by atoms with E-state index in [2.05, 4.69) is 9.97 Å². The molecule has 1 aromatic carbocycles. The molecule has 0 spiro atoms. The highest BCUT2D eigenvalue weighted by Crippen LogP contribution is 2.30. The highest BCUT2D eigenvalue weighted by molar-refractivity contribution is 7.98. The standard InChI is InChI=1S/C11H9ClN4O2S/c12-8-1-2-9(16(17)18)7(5-8)6-19-11-10(13)14-3-4-15-11/h1-5H,6H2,(H2,13,14). The van der Waals surface area contributed by atoms with Gasteiger partial charge >= 0.3 is 0 Å². The monoisotopic (exact) mass is 296 g/mol. The van der Waals surface area contributed by atoms with Gasteiger partial charge in [-0.1, -0.05) is 23.4 Å². The van der Waals surface area contributed by atoms with E-state index >= 15 is 0 Å². The van der Waals surface area contributed by atoms with Crippen LogP contribution in [0.1, 0.15) is 5.56 Å². The zero-order valence-electron chi connectivity index (χ0n) is 9.62. The molecular formula is C11H9ClN4O2S. The molecule has 98 valence electrons. The predicted molar refractivity (Wildman–Crippen MR) is 74.1 cm³/mol. The second kappa shape index (κ2) is 5.85. The molecule has 0 bridgehead atoms. The second-order valence-corrected chi connectivity index (χ2v) is 4.97. The van der Waals surface area contributed by atoms with Gasteiger partial charge in [-0.15, -0.1) is 0 Å². The van der Waals surface area contributed by atoms with E-state index in [0.29, 0.717) is 27.2 Å². The van der Waals surface area contributed by atoms with Crippen molar-refractivity contribution in [2.45, 2.75) is 10.8 Å². The van der Waals surface area contributed by atoms with Gasteiger partial charge in [0.15, 0.2) is 5.82 Å². The number of nitro groups is 1. The van der Waals surface area contributed by atoms with Crippen LogP contribution in [0.3, 0.4) is 0 Å². The third kappa shape index (κ3) is 3.33. The van der Waals surface area contributed by atoms with Crippen LogP contribution in [0.4, 0.5) is 11.5 Å². The Bertz CT molecular complexity index is 623. The molecule has 8 heteroatoms. The Morgan fingerprint density at radius 2 is 2.11 bits per heavy atom. The number of hydrogen-bond acceptors (Lipinski definition) is 6. The summed E-state index contributed by atoms with van der Waals surface area (Å²) < 4.78 is 0. The Hall–Kier alpha value is -1.86. The number of benzene rings is 1. The second-order valence-electron chi connectivity index (χ2n) is 3.57. The fourth-order valence-electron chi connectivity index (χ4n) is 1.44. The van der Waals surface area contributed by atoms with Crippen LogP contribution in [0.25, 0.3) is 0 Å². The van der Waals surface area contributed by atoms with E-state index in [9.17, 15) is 10.1 Å². The number of nitrogens with two attached hydrogens (primary N) is 1. The number of aromatic nitrogens is 2. The highest BCUT2D eigenvalue weighted by atomic mass is 35.5. The fourth-order valence-corrected chi connectivity index (χ4v) is 2.50. The fraction of sp³-hybridized carbons (Fsp3) is 0.0909. The molecule has 1 heterocycles. The number of halogens is 1. The zero-order valence-corrected chi connectivity index (χ0v) is 11.2. The molecule has 0 fully saturated rings. The maximum atomic E-state index is 10.9. The molecule has 2 rings (SSSR count). The minimum absolute atomic E-state index is 0.0272.